The van der Waals surface area contributed by atoms with Crippen molar-refractivity contribution in [1.29, 1.82) is 0 Å². The monoisotopic (exact) mass is 1190 g/mol. The molecule has 79 heavy (non-hydrogen) atoms. The summed E-state index contributed by atoms with van der Waals surface area (Å²) >= 11 is 3.51. The van der Waals surface area contributed by atoms with Gasteiger partial charge in [0.1, 0.15) is 18.3 Å². The quantitative estimate of drug-likeness (QED) is 0.0828. The summed E-state index contributed by atoms with van der Waals surface area (Å²) in [6.07, 6.45) is 7.47. The smallest absolute Gasteiger partial charge is 0.229 e. The molecule has 2 aromatic heterocycles. The van der Waals surface area contributed by atoms with Crippen LogP contribution in [0, 0.1) is 11.6 Å². The van der Waals surface area contributed by atoms with Gasteiger partial charge in [-0.3, -0.25) is 19.1 Å². The first-order chi connectivity index (χ1) is 36.9. The highest BCUT2D eigenvalue weighted by Gasteiger charge is 2.32. The molecule has 0 bridgehead atoms. The fraction of sp³-hybridized carbons (Fsp3) is 0.333. The minimum atomic E-state index is -3.35. The fourth-order valence-corrected chi connectivity index (χ4v) is 13.0. The summed E-state index contributed by atoms with van der Waals surface area (Å²) in [5, 5.41) is 3.40. The van der Waals surface area contributed by atoms with Gasteiger partial charge in [0.05, 0.1) is 30.7 Å². The van der Waals surface area contributed by atoms with Gasteiger partial charge in [-0.25, -0.2) is 8.78 Å². The van der Waals surface area contributed by atoms with Crippen LogP contribution < -0.4 is 10.6 Å². The van der Waals surface area contributed by atoms with Gasteiger partial charge in [-0.1, -0.05) is 58.8 Å². The first kappa shape index (κ1) is 59.7. The number of fused-ring (bicyclic) bond motifs is 4. The number of ether oxygens (including phenoxy) is 2. The summed E-state index contributed by atoms with van der Waals surface area (Å²) in [4.78, 5) is 19.0. The lowest BCUT2D eigenvalue weighted by molar-refractivity contribution is 0.0843. The number of hydrogen-bond acceptors (Lipinski definition) is 7. The molecular formula is C63H73BrF2N4O6P2Si. The van der Waals surface area contributed by atoms with E-state index in [4.69, 9.17) is 14.0 Å². The zero-order valence-corrected chi connectivity index (χ0v) is 48.8. The third kappa shape index (κ3) is 13.0. The van der Waals surface area contributed by atoms with Crippen molar-refractivity contribution in [3.63, 3.8) is 0 Å². The van der Waals surface area contributed by atoms with Crippen molar-refractivity contribution in [1.82, 2.24) is 9.13 Å². The van der Waals surface area contributed by atoms with Crippen molar-refractivity contribution >= 4 is 81.6 Å². The fourth-order valence-electron chi connectivity index (χ4n) is 11.0. The summed E-state index contributed by atoms with van der Waals surface area (Å²) in [5.74, 6) is 0.0178. The molecule has 12 rings (SSSR count). The SMILES string of the molecule is C.C.CCOP(C)(=O)c1ccc(-c2c(C3CCOCC3)n(-c3ccc(F)cc3)c3cc4c(cc23)CN=C4)cc1.CP(=O)(O)c1ccc(-c2c(C3CCOCC3)n(-c3ccc(F)cc3)c3cc4c(cc23)CN=C4)cc1.C[Si](C)(C)Br. The largest absolute Gasteiger partial charge is 0.381 e. The second-order valence-corrected chi connectivity index (χ2v) is 37.3. The van der Waals surface area contributed by atoms with Crippen LogP contribution in [0.5, 0.6) is 0 Å². The second-order valence-electron chi connectivity index (χ2n) is 21.3. The van der Waals surface area contributed by atoms with Gasteiger partial charge < -0.3 is 28.0 Å². The summed E-state index contributed by atoms with van der Waals surface area (Å²) in [5.41, 5.74) is 15.3. The minimum absolute atomic E-state index is 0. The maximum absolute atomic E-state index is 13.9. The highest BCUT2D eigenvalue weighted by Crippen LogP contribution is 2.48. The molecule has 10 nitrogen and oxygen atoms in total. The molecule has 0 aliphatic carbocycles. The predicted octanol–water partition coefficient (Wildman–Crippen LogP) is 16.1. The molecule has 4 aliphatic heterocycles. The average Bonchev–Trinajstić information content (AvgIpc) is 3.94. The van der Waals surface area contributed by atoms with E-state index in [0.717, 1.165) is 92.2 Å². The topological polar surface area (TPSA) is 117 Å². The third-order valence-corrected chi connectivity index (χ3v) is 17.8. The molecule has 4 aliphatic rings. The van der Waals surface area contributed by atoms with Crippen LogP contribution in [0.4, 0.5) is 8.78 Å². The molecule has 2 fully saturated rings. The first-order valence-electron chi connectivity index (χ1n) is 26.4. The highest BCUT2D eigenvalue weighted by atomic mass is 79.9. The summed E-state index contributed by atoms with van der Waals surface area (Å²) in [7, 11) is -6.22. The molecule has 2 unspecified atom stereocenters. The van der Waals surface area contributed by atoms with E-state index in [2.05, 4.69) is 90.5 Å². The van der Waals surface area contributed by atoms with Gasteiger partial charge in [0.15, 0.2) is 0 Å². The normalized spacial score (nSPS) is 16.6. The van der Waals surface area contributed by atoms with E-state index in [1.165, 1.54) is 53.4 Å². The molecule has 6 aromatic carbocycles. The number of aromatic nitrogens is 2. The van der Waals surface area contributed by atoms with Crippen LogP contribution in [0.25, 0.3) is 55.4 Å². The van der Waals surface area contributed by atoms with Gasteiger partial charge in [0.25, 0.3) is 0 Å². The van der Waals surface area contributed by atoms with Crippen molar-refractivity contribution < 1.29 is 36.8 Å². The Morgan fingerprint density at radius 3 is 1.34 bits per heavy atom. The number of aliphatic imine (C=N–C) groups is 2. The summed E-state index contributed by atoms with van der Waals surface area (Å²) in [6.45, 7) is 15.4. The van der Waals surface area contributed by atoms with E-state index in [1.807, 2.05) is 67.9 Å². The average molecular weight is 1190 g/mol. The Bertz CT molecular complexity index is 3610. The van der Waals surface area contributed by atoms with Gasteiger partial charge in [0, 0.05) is 119 Å². The highest BCUT2D eigenvalue weighted by molar-refractivity contribution is 9.26. The van der Waals surface area contributed by atoms with Crippen LogP contribution in [0.15, 0.2) is 131 Å². The molecule has 6 heterocycles. The Hall–Kier alpha value is -5.40. The van der Waals surface area contributed by atoms with Crippen LogP contribution in [-0.4, -0.2) is 79.5 Å². The molecule has 2 saturated heterocycles. The minimum Gasteiger partial charge on any atom is -0.381 e. The Labute approximate surface area is 473 Å². The number of halogens is 3. The number of benzene rings is 6. The Morgan fingerprint density at radius 2 is 0.987 bits per heavy atom. The molecule has 2 atom stereocenters. The molecule has 0 spiro atoms. The molecule has 8 aromatic rings. The molecule has 0 radical (unpaired) electrons. The Balaban J connectivity index is 0.000000188. The molecule has 416 valence electrons. The van der Waals surface area contributed by atoms with Gasteiger partial charge >= 0.3 is 0 Å². The van der Waals surface area contributed by atoms with E-state index in [0.29, 0.717) is 56.7 Å². The predicted molar refractivity (Wildman–Crippen MR) is 331 cm³/mol. The molecule has 0 amide bonds. The molecular weight excluding hydrogens is 1120 g/mol. The standard InChI is InChI=1S/C30H30FN2O3P.C28H26FN2O3P.C3H9BrSi.2CH4/c1-3-36-37(2,34)26-10-4-20(5-11-26)29-27-16-22-18-32-19-23(22)17-28(27)33(25-8-6-24(31)7-9-25)30(29)21-12-14-35-15-13-21;1-35(32,33)24-8-2-18(3-9-24)27-25-14-20-16-30-17-21(20)15-26(25)31(23-6-4-22(29)5-7-23)28(27)19-10-12-34-13-11-19;1-5(2,3)4;;/h4-11,16-17,19,21H,3,12-15,18H2,1-2H3;2-9,14-15,17,19H,10-13,16H2,1H3,(H,32,33);1-3H3;2*1H4. The van der Waals surface area contributed by atoms with Crippen LogP contribution in [0.2, 0.25) is 19.6 Å². The van der Waals surface area contributed by atoms with Crippen LogP contribution in [-0.2, 0) is 36.2 Å². The van der Waals surface area contributed by atoms with Gasteiger partial charge in [0.2, 0.25) is 14.7 Å². The Morgan fingerprint density at radius 1 is 0.620 bits per heavy atom. The number of hydrogen-bond donors (Lipinski definition) is 1. The summed E-state index contributed by atoms with van der Waals surface area (Å²) in [6, 6.07) is 37.6. The molecule has 0 saturated carbocycles. The molecule has 1 N–H and O–H groups in total. The summed E-state index contributed by atoms with van der Waals surface area (Å²) < 4.78 is 74.6. The van der Waals surface area contributed by atoms with Gasteiger partial charge in [-0.15, -0.1) is 15.3 Å². The number of nitrogens with zero attached hydrogens (tertiary/aromatic N) is 4. The van der Waals surface area contributed by atoms with E-state index in [-0.39, 0.29) is 38.3 Å². The lowest BCUT2D eigenvalue weighted by atomic mass is 9.89. The number of rotatable bonds is 10. The Kier molecular flexibility index (Phi) is 18.7. The lowest BCUT2D eigenvalue weighted by Crippen LogP contribution is -2.17. The van der Waals surface area contributed by atoms with E-state index >= 15 is 0 Å². The third-order valence-electron chi connectivity index (χ3n) is 14.5. The van der Waals surface area contributed by atoms with Gasteiger partial charge in [-0.2, -0.15) is 0 Å². The van der Waals surface area contributed by atoms with Crippen molar-refractivity contribution in [2.24, 2.45) is 9.98 Å². The van der Waals surface area contributed by atoms with Crippen molar-refractivity contribution in [2.75, 3.05) is 46.4 Å². The zero-order chi connectivity index (χ0) is 54.2. The van der Waals surface area contributed by atoms with Crippen LogP contribution in [0.3, 0.4) is 0 Å². The van der Waals surface area contributed by atoms with Crippen LogP contribution in [0.1, 0.15) is 92.9 Å². The van der Waals surface area contributed by atoms with Crippen molar-refractivity contribution in [3.05, 3.63) is 167 Å². The van der Waals surface area contributed by atoms with Crippen LogP contribution >= 0.6 is 30.0 Å². The van der Waals surface area contributed by atoms with Crippen molar-refractivity contribution in [2.45, 2.75) is 92.0 Å². The first-order valence-corrected chi connectivity index (χ1v) is 36.3. The van der Waals surface area contributed by atoms with E-state index < -0.39 is 21.4 Å². The van der Waals surface area contributed by atoms with Gasteiger partial charge in [-0.05, 0) is 163 Å². The molecule has 16 heteroatoms. The maximum Gasteiger partial charge on any atom is 0.229 e. The maximum atomic E-state index is 13.9. The van der Waals surface area contributed by atoms with Crippen molar-refractivity contribution in [3.8, 4) is 33.6 Å². The second kappa shape index (κ2) is 24.8. The van der Waals surface area contributed by atoms with E-state index in [1.54, 1.807) is 18.8 Å². The lowest BCUT2D eigenvalue weighted by Gasteiger charge is -2.26. The zero-order valence-electron chi connectivity index (χ0n) is 44.4. The van der Waals surface area contributed by atoms with E-state index in [9.17, 15) is 22.8 Å².